The Morgan fingerprint density at radius 2 is 1.38 bits per heavy atom. The van der Waals surface area contributed by atoms with Crippen molar-refractivity contribution >= 4 is 0 Å². The minimum atomic E-state index is -5.57. The van der Waals surface area contributed by atoms with Crippen LogP contribution in [-0.2, 0) is 0 Å². The van der Waals surface area contributed by atoms with Gasteiger partial charge in [-0.2, -0.15) is 26.3 Å². The van der Waals surface area contributed by atoms with Crippen LogP contribution in [0.1, 0.15) is 0 Å². The highest BCUT2D eigenvalue weighted by molar-refractivity contribution is 4.96. The quantitative estimate of drug-likeness (QED) is 0.751. The molecule has 1 heterocycles. The maximum absolute atomic E-state index is 12.0. The Balaban J connectivity index is 2.89. The molecule has 9 heteroatoms. The van der Waals surface area contributed by atoms with Gasteiger partial charge in [0.25, 0.3) is 6.10 Å². The average molecular weight is 246 g/mol. The van der Waals surface area contributed by atoms with Gasteiger partial charge in [-0.25, -0.2) is 9.97 Å². The normalized spacial score (nSPS) is 12.9. The molecule has 0 spiro atoms. The third kappa shape index (κ3) is 3.24. The van der Waals surface area contributed by atoms with Crippen LogP contribution in [0.25, 0.3) is 0 Å². The minimum absolute atomic E-state index is 0.964. The summed E-state index contributed by atoms with van der Waals surface area (Å²) in [6, 6.07) is 0.241. The first-order valence-corrected chi connectivity index (χ1v) is 3.78. The topological polar surface area (TPSA) is 35.0 Å². The van der Waals surface area contributed by atoms with Crippen molar-refractivity contribution in [3.63, 3.8) is 0 Å². The largest absolute Gasteiger partial charge is 0.441 e. The summed E-state index contributed by atoms with van der Waals surface area (Å²) in [5, 5.41) is 0. The molecule has 0 saturated carbocycles. The molecular weight excluding hydrogens is 242 g/mol. The summed E-state index contributed by atoms with van der Waals surface area (Å²) in [4.78, 5) is 6.22. The molecular formula is C7H4F6N2O. The molecule has 1 rings (SSSR count). The molecule has 0 N–H and O–H groups in total. The Hall–Kier alpha value is -1.54. The lowest BCUT2D eigenvalue weighted by Crippen LogP contribution is -2.46. The molecule has 3 nitrogen and oxygen atoms in total. The summed E-state index contributed by atoms with van der Waals surface area (Å²) in [5.41, 5.74) is 0. The van der Waals surface area contributed by atoms with Crippen LogP contribution < -0.4 is 4.74 Å². The van der Waals surface area contributed by atoms with Crippen LogP contribution in [0.4, 0.5) is 26.3 Å². The number of ether oxygens (including phenoxy) is 1. The first kappa shape index (κ1) is 12.5. The number of halogens is 6. The van der Waals surface area contributed by atoms with Gasteiger partial charge in [-0.05, 0) is 6.07 Å². The van der Waals surface area contributed by atoms with Crippen molar-refractivity contribution in [1.29, 1.82) is 0 Å². The predicted molar refractivity (Wildman–Crippen MR) is 38.6 cm³/mol. The van der Waals surface area contributed by atoms with E-state index in [2.05, 4.69) is 14.7 Å². The fourth-order valence-corrected chi connectivity index (χ4v) is 0.771. The molecule has 0 aliphatic heterocycles. The Kier molecular flexibility index (Phi) is 3.24. The van der Waals surface area contributed by atoms with Crippen molar-refractivity contribution in [1.82, 2.24) is 9.97 Å². The zero-order valence-electron chi connectivity index (χ0n) is 7.38. The van der Waals surface area contributed by atoms with Crippen molar-refractivity contribution in [3.8, 4) is 6.01 Å². The summed E-state index contributed by atoms with van der Waals surface area (Å²) in [6.07, 6.45) is -13.1. The molecule has 0 saturated heterocycles. The third-order valence-electron chi connectivity index (χ3n) is 1.36. The highest BCUT2D eigenvalue weighted by Gasteiger charge is 2.59. The molecule has 0 amide bonds. The Morgan fingerprint density at radius 3 is 1.75 bits per heavy atom. The van der Waals surface area contributed by atoms with Gasteiger partial charge >= 0.3 is 18.4 Å². The van der Waals surface area contributed by atoms with Gasteiger partial charge in [-0.1, -0.05) is 0 Å². The van der Waals surface area contributed by atoms with E-state index in [1.807, 2.05) is 0 Å². The predicted octanol–water partition coefficient (Wildman–Crippen LogP) is 2.35. The van der Waals surface area contributed by atoms with Crippen molar-refractivity contribution < 1.29 is 31.1 Å². The fourth-order valence-electron chi connectivity index (χ4n) is 0.771. The van der Waals surface area contributed by atoms with Crippen molar-refractivity contribution in [2.24, 2.45) is 0 Å². The summed E-state index contributed by atoms with van der Waals surface area (Å²) < 4.78 is 75.7. The van der Waals surface area contributed by atoms with E-state index in [0.717, 1.165) is 12.4 Å². The van der Waals surface area contributed by atoms with Gasteiger partial charge in [0.15, 0.2) is 0 Å². The van der Waals surface area contributed by atoms with E-state index in [1.165, 1.54) is 6.07 Å². The van der Waals surface area contributed by atoms with Gasteiger partial charge in [0.05, 0.1) is 0 Å². The van der Waals surface area contributed by atoms with E-state index < -0.39 is 24.5 Å². The van der Waals surface area contributed by atoms with Crippen molar-refractivity contribution in [2.45, 2.75) is 18.5 Å². The molecule has 0 aliphatic rings. The molecule has 0 aromatic carbocycles. The van der Waals surface area contributed by atoms with E-state index in [9.17, 15) is 26.3 Å². The Labute approximate surface area is 85.1 Å². The molecule has 90 valence electrons. The van der Waals surface area contributed by atoms with Gasteiger partial charge in [-0.3, -0.25) is 0 Å². The van der Waals surface area contributed by atoms with Gasteiger partial charge in [0, 0.05) is 12.4 Å². The molecule has 0 aliphatic carbocycles. The maximum atomic E-state index is 12.0. The van der Waals surface area contributed by atoms with Crippen LogP contribution in [-0.4, -0.2) is 28.4 Å². The summed E-state index contributed by atoms with van der Waals surface area (Å²) in [5.74, 6) is 0. The summed E-state index contributed by atoms with van der Waals surface area (Å²) in [6.45, 7) is 0. The second kappa shape index (κ2) is 4.14. The van der Waals surface area contributed by atoms with Gasteiger partial charge in [-0.15, -0.1) is 0 Å². The number of alkyl halides is 6. The van der Waals surface area contributed by atoms with Gasteiger partial charge in [0.1, 0.15) is 0 Å². The minimum Gasteiger partial charge on any atom is -0.441 e. The smallest absolute Gasteiger partial charge is 0.434 e. The van der Waals surface area contributed by atoms with E-state index in [1.54, 1.807) is 0 Å². The van der Waals surface area contributed by atoms with Crippen LogP contribution in [0.3, 0.4) is 0 Å². The van der Waals surface area contributed by atoms with Crippen molar-refractivity contribution in [2.75, 3.05) is 0 Å². The van der Waals surface area contributed by atoms with Crippen LogP contribution in [0.15, 0.2) is 18.5 Å². The Bertz CT molecular complexity index is 321. The van der Waals surface area contributed by atoms with E-state index in [-0.39, 0.29) is 0 Å². The maximum Gasteiger partial charge on any atom is 0.434 e. The molecule has 16 heavy (non-hydrogen) atoms. The average Bonchev–Trinajstić information content (AvgIpc) is 2.12. The second-order valence-electron chi connectivity index (χ2n) is 2.61. The number of rotatable bonds is 2. The SMILES string of the molecule is FC(F)(F)C(Oc1ncccn1)C(F)(F)F. The second-order valence-corrected chi connectivity index (χ2v) is 2.61. The number of hydrogen-bond acceptors (Lipinski definition) is 3. The summed E-state index contributed by atoms with van der Waals surface area (Å²) in [7, 11) is 0. The lowest BCUT2D eigenvalue weighted by Gasteiger charge is -2.22. The molecule has 0 atom stereocenters. The Morgan fingerprint density at radius 1 is 0.938 bits per heavy atom. The molecule has 1 aromatic rings. The standard InChI is InChI=1S/C7H4F6N2O/c8-6(9,10)4(7(11,12)13)16-5-14-2-1-3-15-5/h1-4H. The molecule has 1 aromatic heterocycles. The first-order valence-electron chi connectivity index (χ1n) is 3.78. The zero-order valence-corrected chi connectivity index (χ0v) is 7.38. The van der Waals surface area contributed by atoms with E-state index >= 15 is 0 Å². The van der Waals surface area contributed by atoms with Crippen LogP contribution >= 0.6 is 0 Å². The fraction of sp³-hybridized carbons (Fsp3) is 0.429. The number of nitrogens with zero attached hydrogens (tertiary/aromatic N) is 2. The molecule has 0 fully saturated rings. The zero-order chi connectivity index (χ0) is 12.4. The van der Waals surface area contributed by atoms with Gasteiger partial charge < -0.3 is 4.74 Å². The summed E-state index contributed by atoms with van der Waals surface area (Å²) >= 11 is 0. The van der Waals surface area contributed by atoms with E-state index in [4.69, 9.17) is 0 Å². The lowest BCUT2D eigenvalue weighted by atomic mass is 10.3. The van der Waals surface area contributed by atoms with Crippen LogP contribution in [0.2, 0.25) is 0 Å². The highest BCUT2D eigenvalue weighted by Crippen LogP contribution is 2.35. The molecule has 0 bridgehead atoms. The molecule has 0 unspecified atom stereocenters. The van der Waals surface area contributed by atoms with E-state index in [0.29, 0.717) is 0 Å². The van der Waals surface area contributed by atoms with Gasteiger partial charge in [0.2, 0.25) is 0 Å². The highest BCUT2D eigenvalue weighted by atomic mass is 19.4. The van der Waals surface area contributed by atoms with Crippen LogP contribution in [0.5, 0.6) is 6.01 Å². The first-order chi connectivity index (χ1) is 7.21. The number of hydrogen-bond donors (Lipinski definition) is 0. The van der Waals surface area contributed by atoms with Crippen LogP contribution in [0, 0.1) is 0 Å². The number of aromatic nitrogens is 2. The molecule has 0 radical (unpaired) electrons. The van der Waals surface area contributed by atoms with Crippen molar-refractivity contribution in [3.05, 3.63) is 18.5 Å². The third-order valence-corrected chi connectivity index (χ3v) is 1.36. The lowest BCUT2D eigenvalue weighted by molar-refractivity contribution is -0.301. The monoisotopic (exact) mass is 246 g/mol.